The van der Waals surface area contributed by atoms with Crippen LogP contribution in [-0.2, 0) is 4.79 Å². The number of hydrogen-bond acceptors (Lipinski definition) is 3. The minimum absolute atomic E-state index is 0. The lowest BCUT2D eigenvalue weighted by Crippen LogP contribution is -2.43. The molecular formula is C18H35Cl2N3O. The highest BCUT2D eigenvalue weighted by molar-refractivity contribution is 5.85. The molecule has 1 N–H and O–H groups in total. The van der Waals surface area contributed by atoms with Crippen LogP contribution < -0.4 is 5.32 Å². The molecule has 0 aromatic rings. The number of piperidine rings is 2. The molecule has 0 aromatic heterocycles. The van der Waals surface area contributed by atoms with Crippen LogP contribution in [-0.4, -0.2) is 61.5 Å². The Morgan fingerprint density at radius 3 is 2.25 bits per heavy atom. The van der Waals surface area contributed by atoms with E-state index in [2.05, 4.69) is 29.0 Å². The summed E-state index contributed by atoms with van der Waals surface area (Å²) in [5.74, 6) is 1.62. The molecule has 4 nitrogen and oxygen atoms in total. The molecular weight excluding hydrogens is 345 g/mol. The Morgan fingerprint density at radius 1 is 1.12 bits per heavy atom. The molecule has 142 valence electrons. The van der Waals surface area contributed by atoms with Crippen LogP contribution in [0.2, 0.25) is 0 Å². The average molecular weight is 380 g/mol. The minimum atomic E-state index is 0. The Labute approximate surface area is 159 Å². The Hall–Kier alpha value is -0.0300. The third kappa shape index (κ3) is 4.78. The van der Waals surface area contributed by atoms with Gasteiger partial charge in [0.25, 0.3) is 0 Å². The second-order valence-corrected chi connectivity index (χ2v) is 7.62. The Bertz CT molecular complexity index is 390. The van der Waals surface area contributed by atoms with Crippen LogP contribution in [0.4, 0.5) is 0 Å². The third-order valence-electron chi connectivity index (χ3n) is 6.42. The first-order valence-electron chi connectivity index (χ1n) is 9.40. The summed E-state index contributed by atoms with van der Waals surface area (Å²) < 4.78 is 0. The van der Waals surface area contributed by atoms with Crippen LogP contribution in [0.3, 0.4) is 0 Å². The first-order chi connectivity index (χ1) is 10.7. The lowest BCUT2D eigenvalue weighted by atomic mass is 9.91. The summed E-state index contributed by atoms with van der Waals surface area (Å²) in [5.41, 5.74) is 0.389. The van der Waals surface area contributed by atoms with E-state index >= 15 is 0 Å². The van der Waals surface area contributed by atoms with E-state index in [9.17, 15) is 4.79 Å². The molecule has 1 unspecified atom stereocenters. The quantitative estimate of drug-likeness (QED) is 0.797. The van der Waals surface area contributed by atoms with Crippen LogP contribution in [0.25, 0.3) is 0 Å². The number of nitrogens with zero attached hydrogens (tertiary/aromatic N) is 2. The zero-order valence-corrected chi connectivity index (χ0v) is 16.9. The molecule has 24 heavy (non-hydrogen) atoms. The predicted octanol–water partition coefficient (Wildman–Crippen LogP) is 2.80. The summed E-state index contributed by atoms with van der Waals surface area (Å²) >= 11 is 0. The van der Waals surface area contributed by atoms with Crippen molar-refractivity contribution >= 4 is 30.7 Å². The molecule has 0 radical (unpaired) electrons. The van der Waals surface area contributed by atoms with Gasteiger partial charge in [-0.3, -0.25) is 4.79 Å². The lowest BCUT2D eigenvalue weighted by molar-refractivity contribution is -0.135. The van der Waals surface area contributed by atoms with Gasteiger partial charge >= 0.3 is 0 Å². The standard InChI is InChI=1S/C18H33N3O.2ClH/c1-3-20(4-2)14-15-5-11-21(12-6-15)17(22)16-13-18(16)7-9-19-10-8-18;;/h15-16,19H,3-14H2,1-2H3;2*1H. The van der Waals surface area contributed by atoms with Crippen molar-refractivity contribution < 1.29 is 4.79 Å². The summed E-state index contributed by atoms with van der Waals surface area (Å²) in [4.78, 5) is 17.5. The van der Waals surface area contributed by atoms with Crippen molar-refractivity contribution in [3.8, 4) is 0 Å². The van der Waals surface area contributed by atoms with Gasteiger partial charge in [-0.1, -0.05) is 13.8 Å². The number of rotatable bonds is 5. The Kier molecular flexibility index (Phi) is 8.81. The van der Waals surface area contributed by atoms with Crippen molar-refractivity contribution in [3.05, 3.63) is 0 Å². The molecule has 3 rings (SSSR count). The molecule has 0 bridgehead atoms. The highest BCUT2D eigenvalue weighted by atomic mass is 35.5. The fourth-order valence-corrected chi connectivity index (χ4v) is 4.58. The SMILES string of the molecule is CCN(CC)CC1CCN(C(=O)C2CC23CCNCC3)CC1.Cl.Cl. The fourth-order valence-electron chi connectivity index (χ4n) is 4.58. The Morgan fingerprint density at radius 2 is 1.71 bits per heavy atom. The van der Waals surface area contributed by atoms with E-state index in [-0.39, 0.29) is 24.8 Å². The predicted molar refractivity (Wildman–Crippen MR) is 104 cm³/mol. The monoisotopic (exact) mass is 379 g/mol. The summed E-state index contributed by atoms with van der Waals surface area (Å²) in [5, 5.41) is 3.42. The molecule has 1 saturated carbocycles. The second-order valence-electron chi connectivity index (χ2n) is 7.62. The van der Waals surface area contributed by atoms with Crippen molar-refractivity contribution in [3.63, 3.8) is 0 Å². The van der Waals surface area contributed by atoms with Gasteiger partial charge in [-0.2, -0.15) is 0 Å². The van der Waals surface area contributed by atoms with E-state index in [4.69, 9.17) is 0 Å². The van der Waals surface area contributed by atoms with Gasteiger partial charge in [-0.15, -0.1) is 24.8 Å². The van der Waals surface area contributed by atoms with Gasteiger partial charge < -0.3 is 15.1 Å². The van der Waals surface area contributed by atoms with E-state index in [1.807, 2.05) is 0 Å². The molecule has 1 spiro atoms. The van der Waals surface area contributed by atoms with Crippen LogP contribution >= 0.6 is 24.8 Å². The lowest BCUT2D eigenvalue weighted by Gasteiger charge is -2.35. The van der Waals surface area contributed by atoms with Gasteiger partial charge in [0.05, 0.1) is 0 Å². The molecule has 2 heterocycles. The molecule has 6 heteroatoms. The summed E-state index contributed by atoms with van der Waals surface area (Å²) in [6, 6.07) is 0. The molecule has 3 aliphatic rings. The first kappa shape index (κ1) is 22.0. The molecule has 1 amide bonds. The molecule has 2 saturated heterocycles. The molecule has 0 aromatic carbocycles. The maximum atomic E-state index is 12.8. The maximum Gasteiger partial charge on any atom is 0.226 e. The van der Waals surface area contributed by atoms with Gasteiger partial charge in [0.1, 0.15) is 0 Å². The van der Waals surface area contributed by atoms with Gasteiger partial charge in [0.15, 0.2) is 0 Å². The number of nitrogens with one attached hydrogen (secondary N) is 1. The molecule has 3 fully saturated rings. The van der Waals surface area contributed by atoms with Crippen LogP contribution in [0.5, 0.6) is 0 Å². The normalized spacial score (nSPS) is 26.0. The minimum Gasteiger partial charge on any atom is -0.342 e. The third-order valence-corrected chi connectivity index (χ3v) is 6.42. The fraction of sp³-hybridized carbons (Fsp3) is 0.944. The van der Waals surface area contributed by atoms with E-state index in [1.165, 1.54) is 32.2 Å². The van der Waals surface area contributed by atoms with Crippen LogP contribution in [0.1, 0.15) is 46.0 Å². The average Bonchev–Trinajstić information content (AvgIpc) is 3.26. The van der Waals surface area contributed by atoms with E-state index < -0.39 is 0 Å². The number of carbonyl (C=O) groups excluding carboxylic acids is 1. The zero-order chi connectivity index (χ0) is 15.6. The zero-order valence-electron chi connectivity index (χ0n) is 15.3. The number of likely N-dealkylation sites (tertiary alicyclic amines) is 1. The van der Waals surface area contributed by atoms with Crippen LogP contribution in [0, 0.1) is 17.3 Å². The van der Waals surface area contributed by atoms with E-state index in [0.29, 0.717) is 17.2 Å². The second kappa shape index (κ2) is 9.61. The summed E-state index contributed by atoms with van der Waals surface area (Å²) in [7, 11) is 0. The highest BCUT2D eigenvalue weighted by Crippen LogP contribution is 2.59. The summed E-state index contributed by atoms with van der Waals surface area (Å²) in [6.07, 6.45) is 5.98. The summed E-state index contributed by atoms with van der Waals surface area (Å²) in [6.45, 7) is 12.2. The number of amides is 1. The van der Waals surface area contributed by atoms with E-state index in [1.54, 1.807) is 0 Å². The smallest absolute Gasteiger partial charge is 0.226 e. The van der Waals surface area contributed by atoms with Crippen molar-refractivity contribution in [1.82, 2.24) is 15.1 Å². The van der Waals surface area contributed by atoms with Crippen molar-refractivity contribution in [2.24, 2.45) is 17.3 Å². The largest absolute Gasteiger partial charge is 0.342 e. The topological polar surface area (TPSA) is 35.6 Å². The van der Waals surface area contributed by atoms with Gasteiger partial charge in [-0.05, 0) is 69.6 Å². The van der Waals surface area contributed by atoms with Crippen molar-refractivity contribution in [1.29, 1.82) is 0 Å². The van der Waals surface area contributed by atoms with E-state index in [0.717, 1.165) is 51.6 Å². The first-order valence-corrected chi connectivity index (χ1v) is 9.40. The van der Waals surface area contributed by atoms with Crippen LogP contribution in [0.15, 0.2) is 0 Å². The van der Waals surface area contributed by atoms with Crippen molar-refractivity contribution in [2.45, 2.75) is 46.0 Å². The molecule has 1 atom stereocenters. The maximum absolute atomic E-state index is 12.8. The number of hydrogen-bond donors (Lipinski definition) is 1. The Balaban J connectivity index is 0.00000144. The highest BCUT2D eigenvalue weighted by Gasteiger charge is 2.58. The van der Waals surface area contributed by atoms with Gasteiger partial charge in [0, 0.05) is 25.6 Å². The molecule has 1 aliphatic carbocycles. The van der Waals surface area contributed by atoms with Gasteiger partial charge in [0.2, 0.25) is 5.91 Å². The number of halogens is 2. The van der Waals surface area contributed by atoms with Gasteiger partial charge in [-0.25, -0.2) is 0 Å². The van der Waals surface area contributed by atoms with Crippen molar-refractivity contribution in [2.75, 3.05) is 45.8 Å². The molecule has 2 aliphatic heterocycles. The number of carbonyl (C=O) groups is 1.